The van der Waals surface area contributed by atoms with Crippen LogP contribution in [0, 0.1) is 0 Å². The van der Waals surface area contributed by atoms with E-state index in [2.05, 4.69) is 191 Å². The Morgan fingerprint density at radius 1 is 0.481 bits per heavy atom. The molecule has 0 radical (unpaired) electrons. The van der Waals surface area contributed by atoms with Crippen LogP contribution in [0.2, 0.25) is 0 Å². The number of furan rings is 1. The van der Waals surface area contributed by atoms with Gasteiger partial charge in [-0.05, 0) is 81.9 Å². The molecule has 0 saturated heterocycles. The van der Waals surface area contributed by atoms with Gasteiger partial charge in [-0.2, -0.15) is 0 Å². The molecule has 3 heterocycles. The van der Waals surface area contributed by atoms with Crippen molar-refractivity contribution < 1.29 is 4.42 Å². The maximum absolute atomic E-state index is 6.08. The van der Waals surface area contributed by atoms with Crippen LogP contribution in [0.1, 0.15) is 40.6 Å². The van der Waals surface area contributed by atoms with Gasteiger partial charge >= 0.3 is 0 Å². The molecule has 5 heteroatoms. The highest BCUT2D eigenvalue weighted by Crippen LogP contribution is 2.46. The molecule has 0 bridgehead atoms. The number of hydrogen-bond donors (Lipinski definition) is 3. The summed E-state index contributed by atoms with van der Waals surface area (Å²) in [6.07, 6.45) is 2.20. The first-order valence-electron chi connectivity index (χ1n) is 17.9. The lowest BCUT2D eigenvalue weighted by molar-refractivity contribution is 0.442. The van der Waals surface area contributed by atoms with E-state index in [1.807, 2.05) is 12.1 Å². The molecule has 0 aliphatic carbocycles. The molecular formula is C47H36N4O. The molecule has 0 spiro atoms. The van der Waals surface area contributed by atoms with Crippen LogP contribution < -0.4 is 20.9 Å². The molecule has 0 saturated carbocycles. The van der Waals surface area contributed by atoms with Crippen LogP contribution in [0.25, 0.3) is 38.8 Å². The van der Waals surface area contributed by atoms with Crippen molar-refractivity contribution in [1.29, 1.82) is 0 Å². The molecule has 5 nitrogen and oxygen atoms in total. The Kier molecular flexibility index (Phi) is 7.36. The third-order valence-corrected chi connectivity index (χ3v) is 10.4. The van der Waals surface area contributed by atoms with Crippen molar-refractivity contribution in [2.45, 2.75) is 18.4 Å². The third-order valence-electron chi connectivity index (χ3n) is 10.4. The van der Waals surface area contributed by atoms with E-state index in [-0.39, 0.29) is 18.4 Å². The van der Waals surface area contributed by atoms with Gasteiger partial charge in [0.05, 0.1) is 17.4 Å². The zero-order valence-electron chi connectivity index (χ0n) is 28.4. The van der Waals surface area contributed by atoms with Gasteiger partial charge in [-0.25, -0.2) is 0 Å². The molecule has 1 aromatic heterocycles. The third kappa shape index (κ3) is 5.39. The summed E-state index contributed by atoms with van der Waals surface area (Å²) in [5, 5.41) is 13.8. The van der Waals surface area contributed by atoms with Crippen molar-refractivity contribution in [3.05, 3.63) is 204 Å². The van der Waals surface area contributed by atoms with Gasteiger partial charge in [0, 0.05) is 22.2 Å². The molecule has 3 atom stereocenters. The minimum Gasteiger partial charge on any atom is -0.456 e. The second kappa shape index (κ2) is 12.6. The fourth-order valence-corrected chi connectivity index (χ4v) is 7.74. The number of anilines is 3. The van der Waals surface area contributed by atoms with Crippen LogP contribution >= 0.6 is 0 Å². The van der Waals surface area contributed by atoms with Gasteiger partial charge in [-0.3, -0.25) is 5.32 Å². The van der Waals surface area contributed by atoms with E-state index in [0.717, 1.165) is 44.6 Å². The van der Waals surface area contributed by atoms with Crippen molar-refractivity contribution in [1.82, 2.24) is 10.6 Å². The number of rotatable bonds is 6. The van der Waals surface area contributed by atoms with Gasteiger partial charge in [-0.15, -0.1) is 0 Å². The van der Waals surface area contributed by atoms with Crippen LogP contribution in [0.3, 0.4) is 0 Å². The van der Waals surface area contributed by atoms with E-state index in [1.165, 1.54) is 33.5 Å². The first kappa shape index (κ1) is 30.3. The van der Waals surface area contributed by atoms with Crippen LogP contribution in [-0.4, -0.2) is 0 Å². The van der Waals surface area contributed by atoms with Crippen molar-refractivity contribution in [2.24, 2.45) is 0 Å². The van der Waals surface area contributed by atoms with Gasteiger partial charge in [0.2, 0.25) is 0 Å². The summed E-state index contributed by atoms with van der Waals surface area (Å²) >= 11 is 0. The number of hydrogen-bond acceptors (Lipinski definition) is 5. The Morgan fingerprint density at radius 3 is 1.96 bits per heavy atom. The predicted octanol–water partition coefficient (Wildman–Crippen LogP) is 11.5. The lowest BCUT2D eigenvalue weighted by atomic mass is 9.96. The summed E-state index contributed by atoms with van der Waals surface area (Å²) in [6, 6.07) is 62.4. The van der Waals surface area contributed by atoms with E-state index < -0.39 is 0 Å². The first-order chi connectivity index (χ1) is 25.7. The largest absolute Gasteiger partial charge is 0.456 e. The molecule has 2 aliphatic heterocycles. The van der Waals surface area contributed by atoms with E-state index in [4.69, 9.17) is 4.42 Å². The zero-order chi connectivity index (χ0) is 34.4. The maximum atomic E-state index is 6.08. The molecule has 8 aromatic rings. The monoisotopic (exact) mass is 672 g/mol. The highest BCUT2D eigenvalue weighted by molar-refractivity contribution is 6.06. The number of benzene rings is 7. The fraction of sp³-hybridized carbons (Fsp3) is 0.0638. The van der Waals surface area contributed by atoms with E-state index in [9.17, 15) is 0 Å². The Morgan fingerprint density at radius 2 is 1.13 bits per heavy atom. The van der Waals surface area contributed by atoms with Gasteiger partial charge in [0.1, 0.15) is 23.5 Å². The summed E-state index contributed by atoms with van der Waals surface area (Å²) in [5.41, 5.74) is 13.5. The van der Waals surface area contributed by atoms with Crippen molar-refractivity contribution in [3.63, 3.8) is 0 Å². The normalized spacial score (nSPS) is 18.1. The zero-order valence-corrected chi connectivity index (χ0v) is 28.4. The molecule has 250 valence electrons. The fourth-order valence-electron chi connectivity index (χ4n) is 7.74. The van der Waals surface area contributed by atoms with Crippen LogP contribution in [0.5, 0.6) is 0 Å². The lowest BCUT2D eigenvalue weighted by Gasteiger charge is -2.33. The quantitative estimate of drug-likeness (QED) is 0.164. The number of para-hydroxylation sites is 4. The number of nitrogens with one attached hydrogen (secondary N) is 3. The second-order valence-corrected chi connectivity index (χ2v) is 13.5. The van der Waals surface area contributed by atoms with Crippen molar-refractivity contribution in [3.8, 4) is 11.1 Å². The second-order valence-electron chi connectivity index (χ2n) is 13.5. The summed E-state index contributed by atoms with van der Waals surface area (Å²) in [7, 11) is 0. The maximum Gasteiger partial charge on any atom is 0.135 e. The molecule has 0 fully saturated rings. The SMILES string of the molecule is C1=C(c2ccc(-c3ccc4oc5ccccc5c4c3)cc2)NC(c2ccc(C3Nc4ccccc4N3c3ccccc3)cc2)NC1c1ccccc1. The van der Waals surface area contributed by atoms with Crippen molar-refractivity contribution in [2.75, 3.05) is 10.2 Å². The predicted molar refractivity (Wildman–Crippen MR) is 213 cm³/mol. The van der Waals surface area contributed by atoms with Gasteiger partial charge in [0.15, 0.2) is 0 Å². The molecule has 3 unspecified atom stereocenters. The summed E-state index contributed by atoms with van der Waals surface area (Å²) in [4.78, 5) is 2.38. The topological polar surface area (TPSA) is 52.5 Å². The Hall–Kier alpha value is -6.56. The Balaban J connectivity index is 0.948. The van der Waals surface area contributed by atoms with Gasteiger partial charge in [0.25, 0.3) is 0 Å². The smallest absolute Gasteiger partial charge is 0.135 e. The minimum atomic E-state index is -0.0883. The molecule has 7 aromatic carbocycles. The van der Waals surface area contributed by atoms with Gasteiger partial charge in [-0.1, -0.05) is 133 Å². The first-order valence-corrected chi connectivity index (χ1v) is 17.9. The molecule has 0 amide bonds. The molecule has 10 rings (SSSR count). The van der Waals surface area contributed by atoms with E-state index >= 15 is 0 Å². The number of nitrogens with zero attached hydrogens (tertiary/aromatic N) is 1. The summed E-state index contributed by atoms with van der Waals surface area (Å²) < 4.78 is 6.08. The number of fused-ring (bicyclic) bond motifs is 4. The average molecular weight is 673 g/mol. The van der Waals surface area contributed by atoms with Crippen LogP contribution in [0.4, 0.5) is 17.1 Å². The molecule has 3 N–H and O–H groups in total. The summed E-state index contributed by atoms with van der Waals surface area (Å²) in [5.74, 6) is 0. The minimum absolute atomic E-state index is 0.0138. The Labute approximate surface area is 302 Å². The molecule has 52 heavy (non-hydrogen) atoms. The molecule has 2 aliphatic rings. The van der Waals surface area contributed by atoms with Crippen LogP contribution in [0.15, 0.2) is 186 Å². The molecular weight excluding hydrogens is 637 g/mol. The van der Waals surface area contributed by atoms with E-state index in [0.29, 0.717) is 0 Å². The standard InChI is InChI=1S/C47H36N4O/c1-3-11-32(12-4-1)41-30-42(33-21-19-31(20-22-33)36-27-28-45-39(29-36)38-15-7-10-18-44(38)52-45)49-46(48-41)34-23-25-35(26-24-34)47-50-40-16-8-9-17-43(40)51(47)37-13-5-2-6-14-37/h1-30,41,46-50H. The van der Waals surface area contributed by atoms with E-state index in [1.54, 1.807) is 0 Å². The summed E-state index contributed by atoms with van der Waals surface area (Å²) in [6.45, 7) is 0. The lowest BCUT2D eigenvalue weighted by Crippen LogP contribution is -2.39. The van der Waals surface area contributed by atoms with Crippen LogP contribution in [-0.2, 0) is 0 Å². The highest BCUT2D eigenvalue weighted by Gasteiger charge is 2.31. The van der Waals surface area contributed by atoms with Gasteiger partial charge < -0.3 is 20.0 Å². The average Bonchev–Trinajstić information content (AvgIpc) is 3.80. The van der Waals surface area contributed by atoms with Crippen molar-refractivity contribution >= 4 is 44.7 Å². The highest BCUT2D eigenvalue weighted by atomic mass is 16.3. The Bertz CT molecular complexity index is 2560.